The van der Waals surface area contributed by atoms with Crippen LogP contribution >= 0.6 is 0 Å². The van der Waals surface area contributed by atoms with E-state index < -0.39 is 0 Å². The van der Waals surface area contributed by atoms with Gasteiger partial charge in [-0.1, -0.05) is 5.92 Å². The molecule has 0 saturated heterocycles. The van der Waals surface area contributed by atoms with E-state index >= 15 is 0 Å². The van der Waals surface area contributed by atoms with Gasteiger partial charge in [-0.2, -0.15) is 0 Å². The lowest BCUT2D eigenvalue weighted by molar-refractivity contribution is 0.0784. The third-order valence-corrected chi connectivity index (χ3v) is 2.74. The van der Waals surface area contributed by atoms with Crippen LogP contribution < -0.4 is 9.47 Å². The molecule has 0 N–H and O–H groups in total. The lowest BCUT2D eigenvalue weighted by atomic mass is 10.1. The van der Waals surface area contributed by atoms with Crippen LogP contribution in [0.3, 0.4) is 0 Å². The third kappa shape index (κ3) is 3.92. The Hall–Kier alpha value is -2.15. The summed E-state index contributed by atoms with van der Waals surface area (Å²) in [6.07, 6.45) is 5.27. The molecule has 0 aliphatic heterocycles. The summed E-state index contributed by atoms with van der Waals surface area (Å²) in [5.74, 6) is 3.61. The predicted octanol–water partition coefficient (Wildman–Crippen LogP) is 2.58. The molecule has 1 aromatic carbocycles. The van der Waals surface area contributed by atoms with Crippen molar-refractivity contribution in [3.63, 3.8) is 0 Å². The third-order valence-electron chi connectivity index (χ3n) is 2.74. The minimum absolute atomic E-state index is 0.102. The first-order chi connectivity index (χ1) is 9.67. The first kappa shape index (κ1) is 15.9. The fourth-order valence-electron chi connectivity index (χ4n) is 1.80. The summed E-state index contributed by atoms with van der Waals surface area (Å²) in [7, 11) is 0. The normalized spacial score (nSPS) is 9.70. The molecule has 0 unspecified atom stereocenters. The van der Waals surface area contributed by atoms with Crippen molar-refractivity contribution in [1.29, 1.82) is 0 Å². The number of carbonyl (C=O) groups is 1. The Morgan fingerprint density at radius 1 is 1.20 bits per heavy atom. The van der Waals surface area contributed by atoms with Gasteiger partial charge in [-0.3, -0.25) is 4.79 Å². The van der Waals surface area contributed by atoms with Crippen LogP contribution in [0.5, 0.6) is 11.5 Å². The number of hydrogen-bond donors (Lipinski definition) is 0. The zero-order valence-corrected chi connectivity index (χ0v) is 12.3. The van der Waals surface area contributed by atoms with Gasteiger partial charge in [0.2, 0.25) is 0 Å². The van der Waals surface area contributed by atoms with Crippen LogP contribution in [0.15, 0.2) is 18.2 Å². The molecule has 0 saturated carbocycles. The summed E-state index contributed by atoms with van der Waals surface area (Å²) in [4.78, 5) is 13.9. The van der Waals surface area contributed by atoms with Crippen molar-refractivity contribution in [2.24, 2.45) is 0 Å². The van der Waals surface area contributed by atoms with Gasteiger partial charge in [-0.15, -0.1) is 6.42 Å². The maximum Gasteiger partial charge on any atom is 0.254 e. The van der Waals surface area contributed by atoms with E-state index in [-0.39, 0.29) is 5.91 Å². The molecule has 1 rings (SSSR count). The van der Waals surface area contributed by atoms with Crippen molar-refractivity contribution in [2.45, 2.75) is 20.8 Å². The van der Waals surface area contributed by atoms with Crippen molar-refractivity contribution < 1.29 is 14.3 Å². The fraction of sp³-hybridized carbons (Fsp3) is 0.438. The summed E-state index contributed by atoms with van der Waals surface area (Å²) < 4.78 is 11.0. The van der Waals surface area contributed by atoms with Gasteiger partial charge in [0.25, 0.3) is 5.91 Å². The molecule has 1 aromatic rings. The van der Waals surface area contributed by atoms with Crippen molar-refractivity contribution in [1.82, 2.24) is 4.90 Å². The molecule has 4 nitrogen and oxygen atoms in total. The molecular weight excluding hydrogens is 254 g/mol. The number of ether oxygens (including phenoxy) is 2. The number of carbonyl (C=O) groups excluding carboxylic acids is 1. The standard InChI is InChI=1S/C16H21NO3/c1-5-11-17(6-2)16(18)13-9-10-14(19-7-3)15(12-13)20-8-4/h1,9-10,12H,6-8,11H2,2-4H3. The monoisotopic (exact) mass is 275 g/mol. The Labute approximate surface area is 120 Å². The molecule has 108 valence electrons. The van der Waals surface area contributed by atoms with Crippen molar-refractivity contribution in [3.05, 3.63) is 23.8 Å². The average molecular weight is 275 g/mol. The molecule has 0 radical (unpaired) electrons. The Morgan fingerprint density at radius 2 is 1.85 bits per heavy atom. The molecule has 0 aliphatic rings. The smallest absolute Gasteiger partial charge is 0.254 e. The van der Waals surface area contributed by atoms with Crippen LogP contribution in [-0.2, 0) is 0 Å². The second-order valence-electron chi connectivity index (χ2n) is 4.05. The molecule has 0 spiro atoms. The molecule has 0 fully saturated rings. The first-order valence-corrected chi connectivity index (χ1v) is 6.80. The van der Waals surface area contributed by atoms with E-state index in [1.807, 2.05) is 20.8 Å². The second kappa shape index (κ2) is 8.11. The highest BCUT2D eigenvalue weighted by atomic mass is 16.5. The Bertz CT molecular complexity index is 491. The van der Waals surface area contributed by atoms with Gasteiger partial charge < -0.3 is 14.4 Å². The van der Waals surface area contributed by atoms with E-state index in [0.717, 1.165) is 0 Å². The molecule has 0 bridgehead atoms. The first-order valence-electron chi connectivity index (χ1n) is 6.80. The van der Waals surface area contributed by atoms with Gasteiger partial charge in [0, 0.05) is 12.1 Å². The maximum absolute atomic E-state index is 12.3. The van der Waals surface area contributed by atoms with Crippen LogP contribution in [0.1, 0.15) is 31.1 Å². The van der Waals surface area contributed by atoms with E-state index in [2.05, 4.69) is 5.92 Å². The van der Waals surface area contributed by atoms with Gasteiger partial charge in [0.1, 0.15) is 0 Å². The van der Waals surface area contributed by atoms with Crippen molar-refractivity contribution >= 4 is 5.91 Å². The lowest BCUT2D eigenvalue weighted by Crippen LogP contribution is -2.31. The Morgan fingerprint density at radius 3 is 2.40 bits per heavy atom. The highest BCUT2D eigenvalue weighted by molar-refractivity contribution is 5.95. The lowest BCUT2D eigenvalue weighted by Gasteiger charge is -2.19. The molecule has 1 amide bonds. The van der Waals surface area contributed by atoms with E-state index in [1.165, 1.54) is 0 Å². The summed E-state index contributed by atoms with van der Waals surface area (Å²) in [6.45, 7) is 7.62. The molecule has 4 heteroatoms. The maximum atomic E-state index is 12.3. The van der Waals surface area contributed by atoms with Gasteiger partial charge in [-0.05, 0) is 39.0 Å². The molecule has 0 heterocycles. The van der Waals surface area contributed by atoms with E-state index in [9.17, 15) is 4.79 Å². The number of benzene rings is 1. The second-order valence-corrected chi connectivity index (χ2v) is 4.05. The van der Waals surface area contributed by atoms with Crippen LogP contribution in [0, 0.1) is 12.3 Å². The zero-order chi connectivity index (χ0) is 15.0. The molecule has 0 atom stereocenters. The quantitative estimate of drug-likeness (QED) is 0.718. The summed E-state index contributed by atoms with van der Waals surface area (Å²) in [6, 6.07) is 5.19. The molecule has 20 heavy (non-hydrogen) atoms. The molecule has 0 aromatic heterocycles. The van der Waals surface area contributed by atoms with Crippen molar-refractivity contribution in [3.8, 4) is 23.8 Å². The number of hydrogen-bond acceptors (Lipinski definition) is 3. The highest BCUT2D eigenvalue weighted by Crippen LogP contribution is 2.29. The Balaban J connectivity index is 3.04. The summed E-state index contributed by atoms with van der Waals surface area (Å²) in [5, 5.41) is 0. The van der Waals surface area contributed by atoms with Crippen LogP contribution in [0.25, 0.3) is 0 Å². The number of rotatable bonds is 7. The zero-order valence-electron chi connectivity index (χ0n) is 12.3. The summed E-state index contributed by atoms with van der Waals surface area (Å²) in [5.41, 5.74) is 0.550. The van der Waals surface area contributed by atoms with E-state index in [4.69, 9.17) is 15.9 Å². The van der Waals surface area contributed by atoms with Crippen LogP contribution in [0.2, 0.25) is 0 Å². The van der Waals surface area contributed by atoms with Crippen molar-refractivity contribution in [2.75, 3.05) is 26.3 Å². The number of amides is 1. The van der Waals surface area contributed by atoms with E-state index in [1.54, 1.807) is 23.1 Å². The van der Waals surface area contributed by atoms with Gasteiger partial charge in [0.05, 0.1) is 19.8 Å². The fourth-order valence-corrected chi connectivity index (χ4v) is 1.80. The predicted molar refractivity (Wildman–Crippen MR) is 79.2 cm³/mol. The molecular formula is C16H21NO3. The van der Waals surface area contributed by atoms with Gasteiger partial charge >= 0.3 is 0 Å². The minimum Gasteiger partial charge on any atom is -0.490 e. The molecule has 0 aliphatic carbocycles. The van der Waals surface area contributed by atoms with Crippen LogP contribution in [-0.4, -0.2) is 37.1 Å². The van der Waals surface area contributed by atoms with Gasteiger partial charge in [0.15, 0.2) is 11.5 Å². The van der Waals surface area contributed by atoms with E-state index in [0.29, 0.717) is 43.4 Å². The number of nitrogens with zero attached hydrogens (tertiary/aromatic N) is 1. The average Bonchev–Trinajstić information content (AvgIpc) is 2.46. The Kier molecular flexibility index (Phi) is 6.45. The highest BCUT2D eigenvalue weighted by Gasteiger charge is 2.16. The SMILES string of the molecule is C#CCN(CC)C(=O)c1ccc(OCC)c(OCC)c1. The van der Waals surface area contributed by atoms with Crippen LogP contribution in [0.4, 0.5) is 0 Å². The summed E-state index contributed by atoms with van der Waals surface area (Å²) >= 11 is 0. The number of terminal acetylenes is 1. The largest absolute Gasteiger partial charge is 0.490 e. The topological polar surface area (TPSA) is 38.8 Å². The minimum atomic E-state index is -0.102. The van der Waals surface area contributed by atoms with Gasteiger partial charge in [-0.25, -0.2) is 0 Å².